The van der Waals surface area contributed by atoms with Gasteiger partial charge in [0.1, 0.15) is 61.5 Å². The molecule has 0 spiro atoms. The molecule has 0 amide bonds. The molecular formula is C31H40N4O2+2. The molecule has 1 fully saturated rings. The number of aryl methyl sites for hydroxylation is 6. The summed E-state index contributed by atoms with van der Waals surface area (Å²) in [5, 5.41) is 0. The quantitative estimate of drug-likeness (QED) is 0.353. The summed E-state index contributed by atoms with van der Waals surface area (Å²) < 4.78 is 21.6. The Bertz CT molecular complexity index is 1290. The lowest BCUT2D eigenvalue weighted by molar-refractivity contribution is -0.715. The van der Waals surface area contributed by atoms with Gasteiger partial charge in [0.2, 0.25) is 12.7 Å². The largest absolute Gasteiger partial charge is 0.340 e. The number of benzene rings is 2. The van der Waals surface area contributed by atoms with Crippen molar-refractivity contribution < 1.29 is 18.6 Å². The molecular weight excluding hydrogens is 460 g/mol. The Kier molecular flexibility index (Phi) is 6.59. The van der Waals surface area contributed by atoms with Crippen LogP contribution in [0.15, 0.2) is 61.7 Å². The topological polar surface area (TPSA) is 36.1 Å². The first-order valence-electron chi connectivity index (χ1n) is 13.2. The molecule has 0 unspecified atom stereocenters. The van der Waals surface area contributed by atoms with Gasteiger partial charge in [-0.2, -0.15) is 0 Å². The van der Waals surface area contributed by atoms with Crippen molar-refractivity contribution >= 4 is 0 Å². The molecule has 0 N–H and O–H groups in total. The van der Waals surface area contributed by atoms with E-state index in [1.165, 1.54) is 44.8 Å². The standard InChI is InChI=1S/C31H40N4O2/c1-21-13-23(3)29(24(4)14-21)34-11-9-32(19-34)17-27-28(37-31(7,8)36-27)18-33-10-12-35(20-33)30-25(5)15-22(2)16-26(30)6/h9-16,19-20,27-28H,17-18H2,1-8H3/q+2/t27-,28-/m0/s1. The zero-order valence-corrected chi connectivity index (χ0v) is 23.4. The van der Waals surface area contributed by atoms with E-state index in [0.29, 0.717) is 0 Å². The highest BCUT2D eigenvalue weighted by Crippen LogP contribution is 2.29. The Morgan fingerprint density at radius 3 is 1.35 bits per heavy atom. The number of hydrogen-bond acceptors (Lipinski definition) is 2. The van der Waals surface area contributed by atoms with Gasteiger partial charge in [0, 0.05) is 0 Å². The van der Waals surface area contributed by atoms with E-state index in [9.17, 15) is 0 Å². The average molecular weight is 501 g/mol. The fraction of sp³-hybridized carbons (Fsp3) is 0.419. The predicted molar refractivity (Wildman–Crippen MR) is 144 cm³/mol. The molecule has 5 rings (SSSR count). The number of imidazole rings is 2. The lowest BCUT2D eigenvalue weighted by Gasteiger charge is -2.16. The van der Waals surface area contributed by atoms with Gasteiger partial charge in [-0.05, 0) is 77.6 Å². The molecule has 0 saturated carbocycles. The first kappa shape index (κ1) is 25.4. The fourth-order valence-corrected chi connectivity index (χ4v) is 6.06. The first-order valence-corrected chi connectivity index (χ1v) is 13.2. The summed E-state index contributed by atoms with van der Waals surface area (Å²) in [6, 6.07) is 8.95. The summed E-state index contributed by atoms with van der Waals surface area (Å²) in [5.41, 5.74) is 10.2. The molecule has 194 valence electrons. The maximum atomic E-state index is 6.39. The van der Waals surface area contributed by atoms with Crippen LogP contribution < -0.4 is 9.13 Å². The maximum Gasteiger partial charge on any atom is 0.249 e. The van der Waals surface area contributed by atoms with Crippen molar-refractivity contribution in [1.82, 2.24) is 9.13 Å². The summed E-state index contributed by atoms with van der Waals surface area (Å²) >= 11 is 0. The van der Waals surface area contributed by atoms with Crippen molar-refractivity contribution in [1.29, 1.82) is 0 Å². The molecule has 2 aromatic heterocycles. The van der Waals surface area contributed by atoms with Gasteiger partial charge >= 0.3 is 0 Å². The number of nitrogens with zero attached hydrogens (tertiary/aromatic N) is 4. The second-order valence-electron chi connectivity index (χ2n) is 11.2. The van der Waals surface area contributed by atoms with Gasteiger partial charge in [0.05, 0.1) is 0 Å². The monoisotopic (exact) mass is 500 g/mol. The SMILES string of the molecule is Cc1cc(C)c(-n2cc[n+](C[C@@H]3OC(C)(C)O[C@H]3C[n+]3ccn(-c4c(C)cc(C)cc4C)c3)c2)c(C)c1. The number of ether oxygens (including phenoxy) is 2. The third-order valence-corrected chi connectivity index (χ3v) is 7.24. The minimum absolute atomic E-state index is 0.0604. The number of hydrogen-bond donors (Lipinski definition) is 0. The lowest BCUT2D eigenvalue weighted by Crippen LogP contribution is -2.47. The van der Waals surface area contributed by atoms with Crippen LogP contribution in [0.2, 0.25) is 0 Å². The minimum Gasteiger partial charge on any atom is -0.340 e. The molecule has 37 heavy (non-hydrogen) atoms. The Labute approximate surface area is 220 Å². The molecule has 0 aliphatic carbocycles. The minimum atomic E-state index is -0.615. The second kappa shape index (κ2) is 9.58. The summed E-state index contributed by atoms with van der Waals surface area (Å²) in [6.45, 7) is 18.5. The van der Waals surface area contributed by atoms with Gasteiger partial charge in [-0.3, -0.25) is 0 Å². The Hall–Kier alpha value is -3.22. The van der Waals surface area contributed by atoms with E-state index in [0.717, 1.165) is 13.1 Å². The van der Waals surface area contributed by atoms with Crippen LogP contribution in [-0.2, 0) is 22.6 Å². The molecule has 6 heteroatoms. The van der Waals surface area contributed by atoms with Gasteiger partial charge in [-0.25, -0.2) is 18.3 Å². The van der Waals surface area contributed by atoms with Crippen molar-refractivity contribution in [3.8, 4) is 11.4 Å². The Morgan fingerprint density at radius 1 is 0.649 bits per heavy atom. The van der Waals surface area contributed by atoms with Gasteiger partial charge in [-0.15, -0.1) is 0 Å². The lowest BCUT2D eigenvalue weighted by atomic mass is 10.1. The van der Waals surface area contributed by atoms with E-state index in [-0.39, 0.29) is 12.2 Å². The third-order valence-electron chi connectivity index (χ3n) is 7.24. The number of aromatic nitrogens is 4. The molecule has 1 saturated heterocycles. The van der Waals surface area contributed by atoms with Crippen LogP contribution >= 0.6 is 0 Å². The highest BCUT2D eigenvalue weighted by molar-refractivity contribution is 5.49. The second-order valence-corrected chi connectivity index (χ2v) is 11.2. The highest BCUT2D eigenvalue weighted by Gasteiger charge is 2.43. The molecule has 4 aromatic rings. The van der Waals surface area contributed by atoms with Crippen molar-refractivity contribution in [2.75, 3.05) is 0 Å². The van der Waals surface area contributed by atoms with E-state index < -0.39 is 5.79 Å². The van der Waals surface area contributed by atoms with Crippen molar-refractivity contribution in [2.24, 2.45) is 0 Å². The Balaban J connectivity index is 1.35. The van der Waals surface area contributed by atoms with Gasteiger partial charge in [-0.1, -0.05) is 35.4 Å². The van der Waals surface area contributed by atoms with Crippen LogP contribution in [0.4, 0.5) is 0 Å². The summed E-state index contributed by atoms with van der Waals surface area (Å²) in [5.74, 6) is -0.615. The van der Waals surface area contributed by atoms with E-state index in [4.69, 9.17) is 9.47 Å². The molecule has 6 nitrogen and oxygen atoms in total. The zero-order chi connectivity index (χ0) is 26.5. The molecule has 0 radical (unpaired) electrons. The predicted octanol–water partition coefficient (Wildman–Crippen LogP) is 4.91. The molecule has 2 aromatic carbocycles. The zero-order valence-electron chi connectivity index (χ0n) is 23.4. The van der Waals surface area contributed by atoms with Gasteiger partial charge in [0.15, 0.2) is 5.79 Å². The normalized spacial score (nSPS) is 19.0. The van der Waals surface area contributed by atoms with Gasteiger partial charge < -0.3 is 9.47 Å². The molecule has 0 bridgehead atoms. The van der Waals surface area contributed by atoms with Crippen LogP contribution in [0.5, 0.6) is 0 Å². The molecule has 1 aliphatic rings. The highest BCUT2D eigenvalue weighted by atomic mass is 16.8. The third kappa shape index (κ3) is 5.27. The fourth-order valence-electron chi connectivity index (χ4n) is 6.06. The van der Waals surface area contributed by atoms with Crippen LogP contribution in [0.25, 0.3) is 11.4 Å². The summed E-state index contributed by atoms with van der Waals surface area (Å²) in [7, 11) is 0. The summed E-state index contributed by atoms with van der Waals surface area (Å²) in [6.07, 6.45) is 12.7. The van der Waals surface area contributed by atoms with Crippen molar-refractivity contribution in [3.63, 3.8) is 0 Å². The van der Waals surface area contributed by atoms with Gasteiger partial charge in [0.25, 0.3) is 0 Å². The smallest absolute Gasteiger partial charge is 0.249 e. The number of rotatable bonds is 6. The van der Waals surface area contributed by atoms with E-state index >= 15 is 0 Å². The van der Waals surface area contributed by atoms with Crippen LogP contribution in [-0.4, -0.2) is 27.1 Å². The van der Waals surface area contributed by atoms with Crippen molar-refractivity contribution in [3.05, 3.63) is 95.1 Å². The molecule has 1 aliphatic heterocycles. The maximum absolute atomic E-state index is 6.39. The summed E-state index contributed by atoms with van der Waals surface area (Å²) in [4.78, 5) is 0. The molecule has 3 heterocycles. The van der Waals surface area contributed by atoms with Crippen LogP contribution in [0, 0.1) is 41.5 Å². The van der Waals surface area contributed by atoms with E-state index in [2.05, 4.69) is 122 Å². The van der Waals surface area contributed by atoms with E-state index in [1.807, 2.05) is 13.8 Å². The molecule has 2 atom stereocenters. The van der Waals surface area contributed by atoms with Crippen LogP contribution in [0.3, 0.4) is 0 Å². The first-order chi connectivity index (χ1) is 17.5. The van der Waals surface area contributed by atoms with E-state index in [1.54, 1.807) is 0 Å². The average Bonchev–Trinajstić information content (AvgIpc) is 3.47. The van der Waals surface area contributed by atoms with Crippen molar-refractivity contribution in [2.45, 2.75) is 86.5 Å². The van der Waals surface area contributed by atoms with Crippen LogP contribution in [0.1, 0.15) is 47.2 Å². The Morgan fingerprint density at radius 2 is 1.00 bits per heavy atom.